The van der Waals surface area contributed by atoms with Crippen LogP contribution in [-0.4, -0.2) is 21.0 Å². The molecule has 0 aliphatic carbocycles. The molecule has 0 unspecified atom stereocenters. The first kappa shape index (κ1) is 12.2. The van der Waals surface area contributed by atoms with Crippen LogP contribution in [0.1, 0.15) is 10.4 Å². The molecule has 0 atom stereocenters. The van der Waals surface area contributed by atoms with Crippen LogP contribution in [0.4, 0.5) is 0 Å². The van der Waals surface area contributed by atoms with Crippen LogP contribution in [0.3, 0.4) is 0 Å². The summed E-state index contributed by atoms with van der Waals surface area (Å²) in [5.41, 5.74) is 2.83. The third-order valence-corrected chi connectivity index (χ3v) is 2.71. The van der Waals surface area contributed by atoms with E-state index in [4.69, 9.17) is 5.11 Å². The molecule has 3 aromatic rings. The molecule has 0 aliphatic rings. The Hall–Kier alpha value is -2.27. The number of para-hydroxylation sites is 1. The molecule has 0 fully saturated rings. The van der Waals surface area contributed by atoms with E-state index < -0.39 is 5.97 Å². The molecule has 18 heavy (non-hydrogen) atoms. The Balaban J connectivity index is 0.000000202. The smallest absolute Gasteiger partial charge is 0.337 e. The third-order valence-electron chi connectivity index (χ3n) is 2.18. The van der Waals surface area contributed by atoms with Crippen molar-refractivity contribution >= 4 is 28.2 Å². The highest BCUT2D eigenvalue weighted by Crippen LogP contribution is 2.12. The quantitative estimate of drug-likeness (QED) is 0.728. The fourth-order valence-corrected chi connectivity index (χ4v) is 1.72. The Morgan fingerprint density at radius 3 is 2.72 bits per heavy atom. The topological polar surface area (TPSA) is 63.1 Å². The van der Waals surface area contributed by atoms with E-state index in [1.807, 2.05) is 29.6 Å². The van der Waals surface area contributed by atoms with Gasteiger partial charge in [-0.05, 0) is 12.1 Å². The van der Waals surface area contributed by atoms with E-state index in [2.05, 4.69) is 9.97 Å². The summed E-state index contributed by atoms with van der Waals surface area (Å²) in [5, 5.41) is 11.5. The van der Waals surface area contributed by atoms with Gasteiger partial charge >= 0.3 is 5.97 Å². The Kier molecular flexibility index (Phi) is 3.98. The van der Waals surface area contributed by atoms with Gasteiger partial charge in [0.1, 0.15) is 0 Å². The third kappa shape index (κ3) is 3.11. The lowest BCUT2D eigenvalue weighted by molar-refractivity contribution is 0.0696. The van der Waals surface area contributed by atoms with Crippen molar-refractivity contribution in [3.8, 4) is 0 Å². The van der Waals surface area contributed by atoms with Crippen molar-refractivity contribution in [2.45, 2.75) is 0 Å². The Morgan fingerprint density at radius 1 is 1.28 bits per heavy atom. The molecule has 5 heteroatoms. The fourth-order valence-electron chi connectivity index (χ4n) is 1.36. The molecular formula is C13H10N2O2S. The number of rotatable bonds is 1. The van der Waals surface area contributed by atoms with E-state index in [0.717, 1.165) is 10.9 Å². The van der Waals surface area contributed by atoms with E-state index in [1.165, 1.54) is 6.20 Å². The van der Waals surface area contributed by atoms with Gasteiger partial charge in [0.05, 0.1) is 16.6 Å². The number of carboxylic acid groups (broad SMARTS) is 1. The lowest BCUT2D eigenvalue weighted by Crippen LogP contribution is -1.96. The van der Waals surface area contributed by atoms with Crippen LogP contribution in [0.25, 0.3) is 10.9 Å². The van der Waals surface area contributed by atoms with Crippen molar-refractivity contribution in [3.63, 3.8) is 0 Å². The minimum absolute atomic E-state index is 0.221. The van der Waals surface area contributed by atoms with Crippen LogP contribution in [0.5, 0.6) is 0 Å². The average molecular weight is 258 g/mol. The highest BCUT2D eigenvalue weighted by molar-refractivity contribution is 7.07. The summed E-state index contributed by atoms with van der Waals surface area (Å²) in [6.45, 7) is 0. The number of carbonyl (C=O) groups is 1. The molecular weight excluding hydrogens is 248 g/mol. The van der Waals surface area contributed by atoms with Crippen LogP contribution < -0.4 is 0 Å². The summed E-state index contributed by atoms with van der Waals surface area (Å²) < 4.78 is 0. The molecule has 0 amide bonds. The number of aromatic nitrogens is 2. The molecule has 4 nitrogen and oxygen atoms in total. The summed E-state index contributed by atoms with van der Waals surface area (Å²) in [4.78, 5) is 18.4. The van der Waals surface area contributed by atoms with Gasteiger partial charge in [-0.3, -0.25) is 9.97 Å². The molecule has 2 heterocycles. The Morgan fingerprint density at radius 2 is 2.11 bits per heavy atom. The number of hydrogen-bond acceptors (Lipinski definition) is 4. The normalized spacial score (nSPS) is 9.56. The molecule has 0 saturated carbocycles. The fraction of sp³-hybridized carbons (Fsp3) is 0. The largest absolute Gasteiger partial charge is 0.478 e. The maximum absolute atomic E-state index is 10.6. The lowest BCUT2D eigenvalue weighted by Gasteiger charge is -1.97. The predicted molar refractivity (Wildman–Crippen MR) is 70.8 cm³/mol. The minimum atomic E-state index is -0.946. The molecule has 90 valence electrons. The van der Waals surface area contributed by atoms with Gasteiger partial charge in [0.2, 0.25) is 0 Å². The van der Waals surface area contributed by atoms with Crippen molar-refractivity contribution < 1.29 is 9.90 Å². The second-order valence-electron chi connectivity index (χ2n) is 3.40. The number of hydrogen-bond donors (Lipinski definition) is 1. The summed E-state index contributed by atoms with van der Waals surface area (Å²) in [6, 6.07) is 9.03. The van der Waals surface area contributed by atoms with Gasteiger partial charge in [0.15, 0.2) is 0 Å². The zero-order valence-electron chi connectivity index (χ0n) is 9.35. The predicted octanol–water partition coefficient (Wildman–Crippen LogP) is 3.08. The van der Waals surface area contributed by atoms with Crippen LogP contribution in [-0.2, 0) is 0 Å². The van der Waals surface area contributed by atoms with Gasteiger partial charge < -0.3 is 5.11 Å². The summed E-state index contributed by atoms with van der Waals surface area (Å²) in [6.07, 6.45) is 3.13. The maximum atomic E-state index is 10.6. The first-order valence-electron chi connectivity index (χ1n) is 5.17. The second-order valence-corrected chi connectivity index (χ2v) is 4.15. The standard InChI is InChI=1S/C10H7NO2.C3H3NS/c12-10(13)8-5-7-3-1-2-4-9(7)11-6-8;1-2-5-3-4-1/h1-6H,(H,12,13);1-3H. The van der Waals surface area contributed by atoms with E-state index in [0.29, 0.717) is 0 Å². The van der Waals surface area contributed by atoms with Crippen LogP contribution >= 0.6 is 11.3 Å². The van der Waals surface area contributed by atoms with Crippen LogP contribution in [0, 0.1) is 0 Å². The zero-order valence-corrected chi connectivity index (χ0v) is 10.2. The molecule has 0 spiro atoms. The van der Waals surface area contributed by atoms with Crippen molar-refractivity contribution in [1.82, 2.24) is 9.97 Å². The number of fused-ring (bicyclic) bond motifs is 1. The van der Waals surface area contributed by atoms with E-state index >= 15 is 0 Å². The lowest BCUT2D eigenvalue weighted by atomic mass is 10.2. The van der Waals surface area contributed by atoms with Gasteiger partial charge in [-0.2, -0.15) is 0 Å². The molecule has 1 aromatic carbocycles. The Bertz CT molecular complexity index is 621. The van der Waals surface area contributed by atoms with E-state index in [-0.39, 0.29) is 5.56 Å². The highest BCUT2D eigenvalue weighted by Gasteiger charge is 2.03. The molecule has 0 saturated heterocycles. The zero-order chi connectivity index (χ0) is 12.8. The molecule has 3 rings (SSSR count). The average Bonchev–Trinajstić information content (AvgIpc) is 2.97. The number of benzene rings is 1. The van der Waals surface area contributed by atoms with Crippen molar-refractivity contribution in [3.05, 3.63) is 59.2 Å². The van der Waals surface area contributed by atoms with Crippen LogP contribution in [0.2, 0.25) is 0 Å². The van der Waals surface area contributed by atoms with Crippen LogP contribution in [0.15, 0.2) is 53.6 Å². The molecule has 0 bridgehead atoms. The number of aromatic carboxylic acids is 1. The van der Waals surface area contributed by atoms with Gasteiger partial charge in [-0.15, -0.1) is 11.3 Å². The first-order valence-corrected chi connectivity index (χ1v) is 6.12. The van der Waals surface area contributed by atoms with Gasteiger partial charge in [-0.1, -0.05) is 18.2 Å². The SMILES string of the molecule is O=C(O)c1cnc2ccccc2c1.c1cscn1. The van der Waals surface area contributed by atoms with Crippen molar-refractivity contribution in [1.29, 1.82) is 0 Å². The van der Waals surface area contributed by atoms with E-state index in [9.17, 15) is 4.79 Å². The summed E-state index contributed by atoms with van der Waals surface area (Å²) in [5.74, 6) is -0.946. The Labute approximate surface area is 108 Å². The monoisotopic (exact) mass is 258 g/mol. The minimum Gasteiger partial charge on any atom is -0.478 e. The maximum Gasteiger partial charge on any atom is 0.337 e. The summed E-state index contributed by atoms with van der Waals surface area (Å²) >= 11 is 1.60. The van der Waals surface area contributed by atoms with E-state index in [1.54, 1.807) is 29.1 Å². The highest BCUT2D eigenvalue weighted by atomic mass is 32.1. The number of pyridine rings is 1. The van der Waals surface area contributed by atoms with Crippen molar-refractivity contribution in [2.75, 3.05) is 0 Å². The van der Waals surface area contributed by atoms with Gasteiger partial charge in [-0.25, -0.2) is 4.79 Å². The molecule has 0 radical (unpaired) electrons. The summed E-state index contributed by atoms with van der Waals surface area (Å²) in [7, 11) is 0. The van der Waals surface area contributed by atoms with Gasteiger partial charge in [0.25, 0.3) is 0 Å². The number of nitrogens with zero attached hydrogens (tertiary/aromatic N) is 2. The molecule has 0 aliphatic heterocycles. The second kappa shape index (κ2) is 5.88. The van der Waals surface area contributed by atoms with Crippen molar-refractivity contribution in [2.24, 2.45) is 0 Å². The molecule has 2 aromatic heterocycles. The number of thiazole rings is 1. The first-order chi connectivity index (χ1) is 8.77. The van der Waals surface area contributed by atoms with Gasteiger partial charge in [0, 0.05) is 23.2 Å². The molecule has 1 N–H and O–H groups in total. The number of carboxylic acids is 1.